The standard InChI is InChI=1S/C10H10N2O2S2/c11-7-9-3-1-2-4-10(9)16(13,14)12-5-6-15-8-12/h1-4H,5-6,8H2. The molecule has 0 amide bonds. The maximum atomic E-state index is 12.2. The van der Waals surface area contributed by atoms with Gasteiger partial charge in [0.2, 0.25) is 10.0 Å². The molecule has 1 aliphatic heterocycles. The second-order valence-corrected chi connectivity index (χ2v) is 6.31. The monoisotopic (exact) mass is 254 g/mol. The second-order valence-electron chi connectivity index (χ2n) is 3.33. The van der Waals surface area contributed by atoms with Gasteiger partial charge in [-0.3, -0.25) is 0 Å². The normalized spacial score (nSPS) is 17.2. The maximum absolute atomic E-state index is 12.2. The van der Waals surface area contributed by atoms with Crippen molar-refractivity contribution >= 4 is 21.8 Å². The number of sulfonamides is 1. The van der Waals surface area contributed by atoms with E-state index in [0.717, 1.165) is 5.75 Å². The van der Waals surface area contributed by atoms with E-state index in [1.54, 1.807) is 23.9 Å². The minimum atomic E-state index is -3.49. The van der Waals surface area contributed by atoms with Gasteiger partial charge in [-0.25, -0.2) is 8.42 Å². The Kier molecular flexibility index (Phi) is 3.19. The van der Waals surface area contributed by atoms with Crippen LogP contribution < -0.4 is 0 Å². The summed E-state index contributed by atoms with van der Waals surface area (Å²) in [5.41, 5.74) is 0.208. The molecular formula is C10H10N2O2S2. The summed E-state index contributed by atoms with van der Waals surface area (Å²) in [6, 6.07) is 8.22. The highest BCUT2D eigenvalue weighted by Crippen LogP contribution is 2.25. The number of nitriles is 1. The van der Waals surface area contributed by atoms with Gasteiger partial charge in [0.1, 0.15) is 6.07 Å². The number of thioether (sulfide) groups is 1. The average Bonchev–Trinajstić information content (AvgIpc) is 2.83. The van der Waals surface area contributed by atoms with Crippen molar-refractivity contribution in [2.75, 3.05) is 18.2 Å². The summed E-state index contributed by atoms with van der Waals surface area (Å²) in [7, 11) is -3.49. The first-order chi connectivity index (χ1) is 7.66. The zero-order valence-corrected chi connectivity index (χ0v) is 10.1. The number of rotatable bonds is 2. The third-order valence-electron chi connectivity index (χ3n) is 2.35. The zero-order chi connectivity index (χ0) is 11.6. The highest BCUT2D eigenvalue weighted by Gasteiger charge is 2.29. The van der Waals surface area contributed by atoms with Crippen molar-refractivity contribution in [3.63, 3.8) is 0 Å². The Morgan fingerprint density at radius 1 is 1.38 bits per heavy atom. The highest BCUT2D eigenvalue weighted by molar-refractivity contribution is 8.00. The van der Waals surface area contributed by atoms with E-state index < -0.39 is 10.0 Å². The first-order valence-electron chi connectivity index (χ1n) is 4.73. The molecule has 0 radical (unpaired) electrons. The van der Waals surface area contributed by atoms with Crippen molar-refractivity contribution in [3.8, 4) is 6.07 Å². The molecule has 84 valence electrons. The van der Waals surface area contributed by atoms with Gasteiger partial charge >= 0.3 is 0 Å². The van der Waals surface area contributed by atoms with E-state index in [-0.39, 0.29) is 10.5 Å². The van der Waals surface area contributed by atoms with Crippen LogP contribution in [0.5, 0.6) is 0 Å². The minimum absolute atomic E-state index is 0.111. The molecule has 0 saturated carbocycles. The summed E-state index contributed by atoms with van der Waals surface area (Å²) in [6.07, 6.45) is 0. The van der Waals surface area contributed by atoms with Crippen molar-refractivity contribution in [1.29, 1.82) is 5.26 Å². The first kappa shape index (κ1) is 11.5. The van der Waals surface area contributed by atoms with Gasteiger partial charge in [-0.2, -0.15) is 9.57 Å². The van der Waals surface area contributed by atoms with E-state index in [2.05, 4.69) is 0 Å². The average molecular weight is 254 g/mol. The Labute approximate surface area is 98.9 Å². The van der Waals surface area contributed by atoms with E-state index in [9.17, 15) is 8.42 Å². The summed E-state index contributed by atoms with van der Waals surface area (Å²) in [5, 5.41) is 8.89. The van der Waals surface area contributed by atoms with Crippen molar-refractivity contribution in [2.45, 2.75) is 4.90 Å². The lowest BCUT2D eigenvalue weighted by Gasteiger charge is -2.15. The molecular weight excluding hydrogens is 244 g/mol. The SMILES string of the molecule is N#Cc1ccccc1S(=O)(=O)N1CCSC1. The molecule has 1 saturated heterocycles. The molecule has 1 aliphatic rings. The van der Waals surface area contributed by atoms with E-state index in [4.69, 9.17) is 5.26 Å². The molecule has 0 atom stereocenters. The summed E-state index contributed by atoms with van der Waals surface area (Å²) in [5.74, 6) is 1.29. The lowest BCUT2D eigenvalue weighted by atomic mass is 10.2. The smallest absolute Gasteiger partial charge is 0.207 e. The second kappa shape index (κ2) is 4.45. The van der Waals surface area contributed by atoms with Gasteiger partial charge in [0.25, 0.3) is 0 Å². The number of hydrogen-bond acceptors (Lipinski definition) is 4. The Hall–Kier alpha value is -1.03. The third-order valence-corrected chi connectivity index (χ3v) is 5.38. The van der Waals surface area contributed by atoms with Crippen molar-refractivity contribution in [3.05, 3.63) is 29.8 Å². The van der Waals surface area contributed by atoms with Crippen molar-refractivity contribution in [2.24, 2.45) is 0 Å². The topological polar surface area (TPSA) is 61.2 Å². The molecule has 2 rings (SSSR count). The molecule has 0 aliphatic carbocycles. The molecule has 16 heavy (non-hydrogen) atoms. The molecule has 0 aromatic heterocycles. The zero-order valence-electron chi connectivity index (χ0n) is 8.46. The fraction of sp³-hybridized carbons (Fsp3) is 0.300. The summed E-state index contributed by atoms with van der Waals surface area (Å²) < 4.78 is 25.8. The van der Waals surface area contributed by atoms with Crippen LogP contribution in [-0.4, -0.2) is 30.9 Å². The fourth-order valence-corrected chi connectivity index (χ4v) is 4.47. The van der Waals surface area contributed by atoms with Gasteiger partial charge in [-0.05, 0) is 12.1 Å². The molecule has 0 spiro atoms. The molecule has 1 aromatic carbocycles. The molecule has 1 aromatic rings. The van der Waals surface area contributed by atoms with Crippen LogP contribution in [0.2, 0.25) is 0 Å². The van der Waals surface area contributed by atoms with Crippen LogP contribution in [0, 0.1) is 11.3 Å². The predicted octanol–water partition coefficient (Wildman–Crippen LogP) is 1.25. The first-order valence-corrected chi connectivity index (χ1v) is 7.33. The molecule has 6 heteroatoms. The Balaban J connectivity index is 2.47. The van der Waals surface area contributed by atoms with E-state index in [1.165, 1.54) is 16.4 Å². The highest BCUT2D eigenvalue weighted by atomic mass is 32.2. The molecule has 1 fully saturated rings. The summed E-state index contributed by atoms with van der Waals surface area (Å²) in [6.45, 7) is 0.521. The van der Waals surface area contributed by atoms with Crippen LogP contribution in [0.15, 0.2) is 29.2 Å². The molecule has 4 nitrogen and oxygen atoms in total. The molecule has 1 heterocycles. The van der Waals surface area contributed by atoms with E-state index in [0.29, 0.717) is 12.4 Å². The van der Waals surface area contributed by atoms with Gasteiger partial charge in [0, 0.05) is 12.3 Å². The fourth-order valence-electron chi connectivity index (χ4n) is 1.51. The van der Waals surface area contributed by atoms with Gasteiger partial charge in [-0.1, -0.05) is 12.1 Å². The van der Waals surface area contributed by atoms with Gasteiger partial charge < -0.3 is 0 Å². The van der Waals surface area contributed by atoms with Crippen LogP contribution >= 0.6 is 11.8 Å². The molecule has 0 N–H and O–H groups in total. The van der Waals surface area contributed by atoms with Crippen LogP contribution in [0.1, 0.15) is 5.56 Å². The van der Waals surface area contributed by atoms with Crippen LogP contribution in [0.25, 0.3) is 0 Å². The van der Waals surface area contributed by atoms with Crippen LogP contribution in [0.4, 0.5) is 0 Å². The molecule has 0 unspecified atom stereocenters. The summed E-state index contributed by atoms with van der Waals surface area (Å²) in [4.78, 5) is 0.111. The summed E-state index contributed by atoms with van der Waals surface area (Å²) >= 11 is 1.58. The van der Waals surface area contributed by atoms with Gasteiger partial charge in [0.15, 0.2) is 0 Å². The van der Waals surface area contributed by atoms with Crippen LogP contribution in [-0.2, 0) is 10.0 Å². The number of nitrogens with zero attached hydrogens (tertiary/aromatic N) is 2. The lowest BCUT2D eigenvalue weighted by molar-refractivity contribution is 0.489. The third kappa shape index (κ3) is 1.94. The van der Waals surface area contributed by atoms with Gasteiger partial charge in [0.05, 0.1) is 16.3 Å². The molecule has 0 bridgehead atoms. The Morgan fingerprint density at radius 3 is 2.75 bits per heavy atom. The lowest BCUT2D eigenvalue weighted by Crippen LogP contribution is -2.28. The maximum Gasteiger partial charge on any atom is 0.245 e. The van der Waals surface area contributed by atoms with E-state index in [1.807, 2.05) is 6.07 Å². The number of benzene rings is 1. The predicted molar refractivity (Wildman–Crippen MR) is 62.4 cm³/mol. The van der Waals surface area contributed by atoms with Crippen molar-refractivity contribution in [1.82, 2.24) is 4.31 Å². The van der Waals surface area contributed by atoms with Crippen LogP contribution in [0.3, 0.4) is 0 Å². The quantitative estimate of drug-likeness (QED) is 0.797. The Bertz CT molecular complexity index is 528. The Morgan fingerprint density at radius 2 is 2.12 bits per heavy atom. The number of hydrogen-bond donors (Lipinski definition) is 0. The van der Waals surface area contributed by atoms with Crippen molar-refractivity contribution < 1.29 is 8.42 Å². The van der Waals surface area contributed by atoms with E-state index >= 15 is 0 Å². The largest absolute Gasteiger partial charge is 0.245 e. The minimum Gasteiger partial charge on any atom is -0.207 e. The van der Waals surface area contributed by atoms with Gasteiger partial charge in [-0.15, -0.1) is 11.8 Å².